The number of rotatable bonds is 11. The van der Waals surface area contributed by atoms with Crippen molar-refractivity contribution in [3.8, 4) is 11.3 Å². The molecule has 0 spiro atoms. The first-order chi connectivity index (χ1) is 24.3. The van der Waals surface area contributed by atoms with Crippen LogP contribution in [0.4, 0.5) is 10.8 Å². The molecule has 1 heterocycles. The maximum absolute atomic E-state index is 13.7. The zero-order valence-corrected chi connectivity index (χ0v) is 29.3. The topological polar surface area (TPSA) is 100 Å². The van der Waals surface area contributed by atoms with Gasteiger partial charge in [0.15, 0.2) is 5.13 Å². The summed E-state index contributed by atoms with van der Waals surface area (Å²) in [7, 11) is 0. The number of aromatic nitrogens is 1. The molecule has 0 aliphatic heterocycles. The van der Waals surface area contributed by atoms with E-state index in [4.69, 9.17) is 23.2 Å². The molecule has 0 saturated carbocycles. The van der Waals surface area contributed by atoms with Gasteiger partial charge in [-0.2, -0.15) is 0 Å². The van der Waals surface area contributed by atoms with Gasteiger partial charge in [0, 0.05) is 32.1 Å². The number of hydrogen-bond donors (Lipinski definition) is 3. The molecule has 1 aromatic heterocycles. The molecule has 0 bridgehead atoms. The van der Waals surface area contributed by atoms with Crippen LogP contribution >= 0.6 is 46.3 Å². The Labute approximate surface area is 307 Å². The van der Waals surface area contributed by atoms with Gasteiger partial charge in [-0.1, -0.05) is 102 Å². The van der Waals surface area contributed by atoms with Crippen LogP contribution in [0.5, 0.6) is 0 Å². The minimum Gasteiger partial charge on any atom is -0.321 e. The highest BCUT2D eigenvalue weighted by Crippen LogP contribution is 2.38. The van der Waals surface area contributed by atoms with Crippen LogP contribution in [0, 0.1) is 0 Å². The van der Waals surface area contributed by atoms with Gasteiger partial charge in [0.25, 0.3) is 11.8 Å². The summed E-state index contributed by atoms with van der Waals surface area (Å²) in [6.07, 6.45) is 1.62. The van der Waals surface area contributed by atoms with Crippen molar-refractivity contribution in [2.24, 2.45) is 0 Å². The maximum Gasteiger partial charge on any atom is 0.272 e. The number of halogens is 2. The van der Waals surface area contributed by atoms with E-state index in [0.29, 0.717) is 32.1 Å². The molecular formula is C39H28Cl2N4O3S2. The van der Waals surface area contributed by atoms with Gasteiger partial charge in [0.05, 0.1) is 10.7 Å². The van der Waals surface area contributed by atoms with Crippen molar-refractivity contribution in [1.29, 1.82) is 0 Å². The van der Waals surface area contributed by atoms with E-state index < -0.39 is 17.1 Å². The average Bonchev–Trinajstić information content (AvgIpc) is 3.60. The zero-order chi connectivity index (χ0) is 34.9. The summed E-state index contributed by atoms with van der Waals surface area (Å²) < 4.78 is 0. The molecule has 0 aliphatic rings. The monoisotopic (exact) mass is 734 g/mol. The summed E-state index contributed by atoms with van der Waals surface area (Å²) in [6, 6.07) is 39.8. The van der Waals surface area contributed by atoms with Crippen LogP contribution in [0.15, 0.2) is 149 Å². The molecule has 6 aromatic rings. The van der Waals surface area contributed by atoms with Crippen LogP contribution in [0.1, 0.15) is 26.7 Å². The smallest absolute Gasteiger partial charge is 0.272 e. The lowest BCUT2D eigenvalue weighted by Gasteiger charge is -2.17. The summed E-state index contributed by atoms with van der Waals surface area (Å²) in [4.78, 5) is 45.5. The molecule has 11 heteroatoms. The van der Waals surface area contributed by atoms with E-state index in [9.17, 15) is 14.4 Å². The van der Waals surface area contributed by atoms with Gasteiger partial charge in [0.2, 0.25) is 5.91 Å². The van der Waals surface area contributed by atoms with Crippen LogP contribution < -0.4 is 16.0 Å². The lowest BCUT2D eigenvalue weighted by atomic mass is 10.1. The number of carbonyl (C=O) groups is 3. The van der Waals surface area contributed by atoms with Gasteiger partial charge < -0.3 is 16.0 Å². The number of thiazole rings is 1. The van der Waals surface area contributed by atoms with Crippen molar-refractivity contribution in [3.05, 3.63) is 171 Å². The fraction of sp³-hybridized carbons (Fsp3) is 0.0256. The van der Waals surface area contributed by atoms with Crippen LogP contribution in [0.2, 0.25) is 10.0 Å². The Balaban J connectivity index is 1.16. The number of thioether (sulfide) groups is 1. The Bertz CT molecular complexity index is 2140. The molecule has 7 nitrogen and oxygen atoms in total. The standard InChI is InChI=1S/C39H28Cl2N4O3S2/c40-28-16-21-31(32(41)23-28)34-24-49-39(44-34)45-38(48)35(26-12-6-2-7-13-26)50-30-19-17-29(18-20-30)42-37(47)33(22-25-10-4-1-5-11-25)43-36(46)27-14-8-3-9-15-27/h1-24,35H,(H,42,47)(H,43,46)(H,44,45,48)/b33-22-. The molecule has 3 N–H and O–H groups in total. The number of carbonyl (C=O) groups excluding carboxylic acids is 3. The van der Waals surface area contributed by atoms with Crippen molar-refractivity contribution >= 4 is 80.9 Å². The molecule has 5 aromatic carbocycles. The molecule has 3 amide bonds. The van der Waals surface area contributed by atoms with E-state index in [2.05, 4.69) is 20.9 Å². The van der Waals surface area contributed by atoms with Crippen molar-refractivity contribution in [3.63, 3.8) is 0 Å². The third-order valence-electron chi connectivity index (χ3n) is 7.29. The van der Waals surface area contributed by atoms with Gasteiger partial charge in [-0.15, -0.1) is 23.1 Å². The number of anilines is 2. The van der Waals surface area contributed by atoms with E-state index >= 15 is 0 Å². The second kappa shape index (κ2) is 16.5. The number of amides is 3. The fourth-order valence-electron chi connectivity index (χ4n) is 4.83. The van der Waals surface area contributed by atoms with Crippen molar-refractivity contribution in [2.45, 2.75) is 10.1 Å². The Morgan fingerprint density at radius 2 is 1.42 bits per heavy atom. The number of nitrogens with zero attached hydrogens (tertiary/aromatic N) is 1. The van der Waals surface area contributed by atoms with Crippen molar-refractivity contribution in [1.82, 2.24) is 10.3 Å². The maximum atomic E-state index is 13.7. The third kappa shape index (κ3) is 9.07. The lowest BCUT2D eigenvalue weighted by molar-refractivity contribution is -0.116. The van der Waals surface area contributed by atoms with E-state index in [1.165, 1.54) is 23.1 Å². The molecule has 50 heavy (non-hydrogen) atoms. The van der Waals surface area contributed by atoms with E-state index in [1.54, 1.807) is 60.7 Å². The van der Waals surface area contributed by atoms with E-state index in [1.807, 2.05) is 84.2 Å². The Hall–Kier alpha value is -5.19. The summed E-state index contributed by atoms with van der Waals surface area (Å²) in [5.41, 5.74) is 3.96. The number of benzene rings is 5. The Kier molecular flexibility index (Phi) is 11.4. The molecule has 1 atom stereocenters. The molecule has 248 valence electrons. The normalized spacial score (nSPS) is 11.8. The predicted octanol–water partition coefficient (Wildman–Crippen LogP) is 10.00. The zero-order valence-electron chi connectivity index (χ0n) is 26.2. The average molecular weight is 736 g/mol. The van der Waals surface area contributed by atoms with Gasteiger partial charge in [0.1, 0.15) is 10.9 Å². The number of hydrogen-bond acceptors (Lipinski definition) is 6. The first kappa shape index (κ1) is 34.7. The second-order valence-electron chi connectivity index (χ2n) is 10.8. The quantitative estimate of drug-likeness (QED) is 0.0909. The summed E-state index contributed by atoms with van der Waals surface area (Å²) >= 11 is 15.1. The molecular weight excluding hydrogens is 707 g/mol. The first-order valence-corrected chi connectivity index (χ1v) is 17.8. The van der Waals surface area contributed by atoms with E-state index in [0.717, 1.165) is 21.6 Å². The van der Waals surface area contributed by atoms with Gasteiger partial charge in [-0.05, 0) is 71.8 Å². The molecule has 6 rings (SSSR count). The molecule has 1 unspecified atom stereocenters. The summed E-state index contributed by atoms with van der Waals surface area (Å²) in [6.45, 7) is 0. The Morgan fingerprint density at radius 3 is 2.10 bits per heavy atom. The van der Waals surface area contributed by atoms with Crippen LogP contribution in [-0.4, -0.2) is 22.7 Å². The predicted molar refractivity (Wildman–Crippen MR) is 205 cm³/mol. The van der Waals surface area contributed by atoms with Crippen LogP contribution in [0.25, 0.3) is 17.3 Å². The first-order valence-electron chi connectivity index (χ1n) is 15.3. The highest BCUT2D eigenvalue weighted by Gasteiger charge is 2.24. The molecule has 0 aliphatic carbocycles. The van der Waals surface area contributed by atoms with Gasteiger partial charge in [-0.3, -0.25) is 14.4 Å². The highest BCUT2D eigenvalue weighted by atomic mass is 35.5. The van der Waals surface area contributed by atoms with Gasteiger partial charge in [-0.25, -0.2) is 4.98 Å². The van der Waals surface area contributed by atoms with Gasteiger partial charge >= 0.3 is 0 Å². The molecule has 0 fully saturated rings. The minimum absolute atomic E-state index is 0.0907. The lowest BCUT2D eigenvalue weighted by Crippen LogP contribution is -2.30. The second-order valence-corrected chi connectivity index (χ2v) is 13.7. The minimum atomic E-state index is -0.600. The Morgan fingerprint density at radius 1 is 0.760 bits per heavy atom. The third-order valence-corrected chi connectivity index (χ3v) is 9.86. The summed E-state index contributed by atoms with van der Waals surface area (Å²) in [5.74, 6) is -1.13. The SMILES string of the molecule is O=C(Nc1ccc(SC(C(=O)Nc2nc(-c3ccc(Cl)cc3Cl)cs2)c2ccccc2)cc1)/C(=C/c1ccccc1)NC(=O)c1ccccc1. The van der Waals surface area contributed by atoms with Crippen molar-refractivity contribution in [2.75, 3.05) is 10.6 Å². The highest BCUT2D eigenvalue weighted by molar-refractivity contribution is 8.00. The fourth-order valence-corrected chi connectivity index (χ4v) is 7.08. The van der Waals surface area contributed by atoms with Crippen LogP contribution in [-0.2, 0) is 9.59 Å². The molecule has 0 radical (unpaired) electrons. The largest absolute Gasteiger partial charge is 0.321 e. The molecule has 0 saturated heterocycles. The van der Waals surface area contributed by atoms with Crippen molar-refractivity contribution < 1.29 is 14.4 Å². The summed E-state index contributed by atoms with van der Waals surface area (Å²) in [5, 5.41) is 11.3. The number of nitrogens with one attached hydrogen (secondary N) is 3. The van der Waals surface area contributed by atoms with E-state index in [-0.39, 0.29) is 11.6 Å². The van der Waals surface area contributed by atoms with Crippen LogP contribution in [0.3, 0.4) is 0 Å².